The SMILES string of the molecule is Cc1cc(C(=O)O)cc[c]1[SnH]([CH3])[CH3]. The van der Waals surface area contributed by atoms with Gasteiger partial charge in [-0.05, 0) is 0 Å². The molecular formula is C10H14O2Sn. The van der Waals surface area contributed by atoms with Gasteiger partial charge in [-0.25, -0.2) is 0 Å². The van der Waals surface area contributed by atoms with Crippen LogP contribution in [0.25, 0.3) is 0 Å². The van der Waals surface area contributed by atoms with E-state index in [1.165, 1.54) is 3.58 Å². The Hall–Kier alpha value is -0.511. The Morgan fingerprint density at radius 3 is 2.38 bits per heavy atom. The van der Waals surface area contributed by atoms with Crippen molar-refractivity contribution >= 4 is 29.3 Å². The fourth-order valence-corrected chi connectivity index (χ4v) is 5.67. The Morgan fingerprint density at radius 1 is 1.38 bits per heavy atom. The minimum absolute atomic E-state index is 0.396. The van der Waals surface area contributed by atoms with Crippen LogP contribution in [0.1, 0.15) is 15.9 Å². The van der Waals surface area contributed by atoms with Crippen LogP contribution in [-0.4, -0.2) is 30.8 Å². The number of benzene rings is 1. The number of hydrogen-bond acceptors (Lipinski definition) is 1. The molecule has 70 valence electrons. The van der Waals surface area contributed by atoms with Crippen molar-refractivity contribution in [2.24, 2.45) is 0 Å². The number of hydrogen-bond donors (Lipinski definition) is 1. The van der Waals surface area contributed by atoms with Gasteiger partial charge in [0.2, 0.25) is 0 Å². The molecule has 0 aromatic heterocycles. The van der Waals surface area contributed by atoms with Gasteiger partial charge in [-0.15, -0.1) is 0 Å². The molecule has 0 aliphatic carbocycles. The second-order valence-electron chi connectivity index (χ2n) is 3.53. The summed E-state index contributed by atoms with van der Waals surface area (Å²) < 4.78 is 1.42. The van der Waals surface area contributed by atoms with Gasteiger partial charge in [-0.1, -0.05) is 0 Å². The van der Waals surface area contributed by atoms with E-state index < -0.39 is 25.7 Å². The van der Waals surface area contributed by atoms with Crippen LogP contribution in [0.5, 0.6) is 0 Å². The first-order valence-corrected chi connectivity index (χ1v) is 12.6. The summed E-state index contributed by atoms with van der Waals surface area (Å²) in [7, 11) is 0. The van der Waals surface area contributed by atoms with Crippen LogP contribution in [0.2, 0.25) is 9.88 Å². The van der Waals surface area contributed by atoms with Gasteiger partial charge in [0, 0.05) is 0 Å². The Balaban J connectivity index is 3.13. The molecule has 0 aliphatic rings. The van der Waals surface area contributed by atoms with Crippen LogP contribution in [0, 0.1) is 6.92 Å². The molecule has 0 spiro atoms. The standard InChI is InChI=1S/C8H7O2.2CH3.Sn.H/c1-6-3-2-4-7(5-6)8(9)10;;;;/h2,4-5H,1H3,(H,9,10);2*1H3;;. The van der Waals surface area contributed by atoms with E-state index >= 15 is 0 Å². The molecule has 0 saturated carbocycles. The predicted molar refractivity (Wildman–Crippen MR) is 56.6 cm³/mol. The third-order valence-corrected chi connectivity index (χ3v) is 7.54. The van der Waals surface area contributed by atoms with Gasteiger partial charge in [-0.3, -0.25) is 0 Å². The van der Waals surface area contributed by atoms with Crippen LogP contribution >= 0.6 is 0 Å². The quantitative estimate of drug-likeness (QED) is 0.834. The second kappa shape index (κ2) is 4.13. The molecule has 0 bridgehead atoms. The van der Waals surface area contributed by atoms with Gasteiger partial charge in [-0.2, -0.15) is 0 Å². The van der Waals surface area contributed by atoms with E-state index in [0.29, 0.717) is 5.56 Å². The van der Waals surface area contributed by atoms with Gasteiger partial charge in [0.25, 0.3) is 0 Å². The zero-order valence-electron chi connectivity index (χ0n) is 8.16. The molecule has 0 fully saturated rings. The Kier molecular flexibility index (Phi) is 3.36. The summed E-state index contributed by atoms with van der Waals surface area (Å²) in [6.07, 6.45) is 0. The molecule has 0 unspecified atom stereocenters. The molecule has 3 heteroatoms. The summed E-state index contributed by atoms with van der Waals surface area (Å²) in [5, 5.41) is 8.76. The van der Waals surface area contributed by atoms with Crippen LogP contribution in [0.3, 0.4) is 0 Å². The molecule has 13 heavy (non-hydrogen) atoms. The van der Waals surface area contributed by atoms with Crippen molar-refractivity contribution in [3.63, 3.8) is 0 Å². The molecule has 1 aromatic carbocycles. The van der Waals surface area contributed by atoms with E-state index in [0.717, 1.165) is 5.56 Å². The first-order valence-electron chi connectivity index (χ1n) is 4.36. The number of rotatable bonds is 2. The molecule has 0 aliphatic heterocycles. The molecule has 0 radical (unpaired) electrons. The molecule has 1 aromatic rings. The first kappa shape index (κ1) is 10.6. The van der Waals surface area contributed by atoms with Gasteiger partial charge in [0.05, 0.1) is 0 Å². The number of carboxylic acid groups (broad SMARTS) is 1. The maximum atomic E-state index is 10.7. The molecular weight excluding hydrogens is 271 g/mol. The topological polar surface area (TPSA) is 37.3 Å². The summed E-state index contributed by atoms with van der Waals surface area (Å²) in [6, 6.07) is 5.47. The van der Waals surface area contributed by atoms with Crippen molar-refractivity contribution in [1.82, 2.24) is 0 Å². The van der Waals surface area contributed by atoms with Crippen molar-refractivity contribution in [2.75, 3.05) is 0 Å². The normalized spacial score (nSPS) is 10.5. The van der Waals surface area contributed by atoms with Gasteiger partial charge in [0.1, 0.15) is 0 Å². The molecule has 2 nitrogen and oxygen atoms in total. The van der Waals surface area contributed by atoms with E-state index in [9.17, 15) is 4.79 Å². The van der Waals surface area contributed by atoms with E-state index in [1.807, 2.05) is 13.0 Å². The van der Waals surface area contributed by atoms with Crippen molar-refractivity contribution in [3.8, 4) is 0 Å². The zero-order chi connectivity index (χ0) is 10.0. The van der Waals surface area contributed by atoms with Crippen molar-refractivity contribution in [1.29, 1.82) is 0 Å². The average molecular weight is 285 g/mol. The minimum atomic E-state index is -1.46. The first-order chi connectivity index (χ1) is 6.02. The molecule has 0 amide bonds. The predicted octanol–water partition coefficient (Wildman–Crippen LogP) is 1.39. The van der Waals surface area contributed by atoms with Gasteiger partial charge >= 0.3 is 85.3 Å². The maximum absolute atomic E-state index is 10.7. The van der Waals surface area contributed by atoms with Crippen molar-refractivity contribution in [3.05, 3.63) is 29.3 Å². The molecule has 1 N–H and O–H groups in total. The van der Waals surface area contributed by atoms with Crippen molar-refractivity contribution in [2.45, 2.75) is 16.8 Å². The van der Waals surface area contributed by atoms with Crippen LogP contribution in [-0.2, 0) is 0 Å². The van der Waals surface area contributed by atoms with Gasteiger partial charge in [0.15, 0.2) is 0 Å². The summed E-state index contributed by atoms with van der Waals surface area (Å²) in [5.41, 5.74) is 1.54. The van der Waals surface area contributed by atoms with E-state index in [4.69, 9.17) is 5.11 Å². The average Bonchev–Trinajstić information content (AvgIpc) is 2.03. The van der Waals surface area contributed by atoms with Crippen molar-refractivity contribution < 1.29 is 9.90 Å². The molecule has 1 rings (SSSR count). The third kappa shape index (κ3) is 2.46. The zero-order valence-corrected chi connectivity index (χ0v) is 11.5. The number of aromatic carboxylic acids is 1. The molecule has 0 atom stereocenters. The number of carbonyl (C=O) groups is 1. The molecule has 0 heterocycles. The summed E-state index contributed by atoms with van der Waals surface area (Å²) in [4.78, 5) is 15.3. The summed E-state index contributed by atoms with van der Waals surface area (Å²) >= 11 is -1.46. The fraction of sp³-hybridized carbons (Fsp3) is 0.300. The fourth-order valence-electron chi connectivity index (χ4n) is 1.46. The summed E-state index contributed by atoms with van der Waals surface area (Å²) in [5.74, 6) is -0.839. The van der Waals surface area contributed by atoms with Crippen LogP contribution < -0.4 is 3.58 Å². The van der Waals surface area contributed by atoms with E-state index in [2.05, 4.69) is 9.88 Å². The summed E-state index contributed by atoms with van der Waals surface area (Å²) in [6.45, 7) is 2.00. The Bertz CT molecular complexity index is 332. The van der Waals surface area contributed by atoms with Crippen LogP contribution in [0.4, 0.5) is 0 Å². The Morgan fingerprint density at radius 2 is 2.00 bits per heavy atom. The monoisotopic (exact) mass is 286 g/mol. The molecule has 0 saturated heterocycles. The Labute approximate surface area is 85.3 Å². The van der Waals surface area contributed by atoms with E-state index in [1.54, 1.807) is 12.1 Å². The number of aryl methyl sites for hydroxylation is 1. The van der Waals surface area contributed by atoms with E-state index in [-0.39, 0.29) is 0 Å². The van der Waals surface area contributed by atoms with Crippen LogP contribution in [0.15, 0.2) is 18.2 Å². The second-order valence-corrected chi connectivity index (χ2v) is 11.9. The third-order valence-electron chi connectivity index (χ3n) is 2.14. The number of carboxylic acids is 1. The van der Waals surface area contributed by atoms with Gasteiger partial charge < -0.3 is 0 Å².